The summed E-state index contributed by atoms with van der Waals surface area (Å²) >= 11 is 0. The van der Waals surface area contributed by atoms with Crippen molar-refractivity contribution in [2.75, 3.05) is 26.3 Å². The van der Waals surface area contributed by atoms with Crippen LogP contribution in [-0.2, 0) is 17.7 Å². The Morgan fingerprint density at radius 2 is 2.11 bits per heavy atom. The number of nitrogens with zero attached hydrogens (tertiary/aromatic N) is 1. The van der Waals surface area contributed by atoms with Crippen LogP contribution in [0.3, 0.4) is 0 Å². The normalized spacial score (nSPS) is 28.9. The molecule has 0 saturated carbocycles. The van der Waals surface area contributed by atoms with Gasteiger partial charge in [-0.05, 0) is 36.9 Å². The van der Waals surface area contributed by atoms with Gasteiger partial charge in [0.1, 0.15) is 0 Å². The first-order chi connectivity index (χ1) is 8.84. The maximum absolute atomic E-state index is 6.05. The second-order valence-electron chi connectivity index (χ2n) is 5.52. The van der Waals surface area contributed by atoms with E-state index in [1.807, 2.05) is 0 Å². The van der Waals surface area contributed by atoms with Gasteiger partial charge in [-0.1, -0.05) is 24.3 Å². The molecule has 0 amide bonds. The van der Waals surface area contributed by atoms with Crippen LogP contribution in [0.25, 0.3) is 0 Å². The molecule has 18 heavy (non-hydrogen) atoms. The number of nitrogens with two attached hydrogens (primary N) is 1. The predicted octanol–water partition coefficient (Wildman–Crippen LogP) is 1.55. The summed E-state index contributed by atoms with van der Waals surface area (Å²) in [6, 6.07) is 8.81. The molecule has 0 aromatic heterocycles. The van der Waals surface area contributed by atoms with Crippen molar-refractivity contribution >= 4 is 0 Å². The molecule has 1 aromatic rings. The first-order valence-corrected chi connectivity index (χ1v) is 6.94. The molecule has 0 bridgehead atoms. The largest absolute Gasteiger partial charge is 0.379 e. The minimum absolute atomic E-state index is 0.0808. The van der Waals surface area contributed by atoms with Gasteiger partial charge in [-0.2, -0.15) is 0 Å². The zero-order chi connectivity index (χ0) is 12.4. The molecule has 1 unspecified atom stereocenters. The highest BCUT2D eigenvalue weighted by molar-refractivity contribution is 5.28. The highest BCUT2D eigenvalue weighted by Gasteiger charge is 2.39. The molecule has 98 valence electrons. The van der Waals surface area contributed by atoms with Crippen molar-refractivity contribution in [3.8, 4) is 0 Å². The van der Waals surface area contributed by atoms with Crippen molar-refractivity contribution in [2.24, 2.45) is 5.73 Å². The van der Waals surface area contributed by atoms with Crippen LogP contribution in [0.15, 0.2) is 24.3 Å². The maximum atomic E-state index is 6.05. The SMILES string of the molecule is NCC1(N2CCCc3ccccc3C2)CCOC1. The summed E-state index contributed by atoms with van der Waals surface area (Å²) < 4.78 is 5.61. The molecule has 1 saturated heterocycles. The summed E-state index contributed by atoms with van der Waals surface area (Å²) in [7, 11) is 0. The number of benzene rings is 1. The van der Waals surface area contributed by atoms with Crippen LogP contribution in [0, 0.1) is 0 Å². The lowest BCUT2D eigenvalue weighted by molar-refractivity contribution is 0.0665. The topological polar surface area (TPSA) is 38.5 Å². The molecule has 0 aliphatic carbocycles. The van der Waals surface area contributed by atoms with Crippen molar-refractivity contribution in [1.82, 2.24) is 4.90 Å². The van der Waals surface area contributed by atoms with E-state index >= 15 is 0 Å². The molecule has 3 nitrogen and oxygen atoms in total. The van der Waals surface area contributed by atoms with Gasteiger partial charge >= 0.3 is 0 Å². The molecule has 0 spiro atoms. The molecule has 2 heterocycles. The van der Waals surface area contributed by atoms with Crippen molar-refractivity contribution in [2.45, 2.75) is 31.3 Å². The number of hydrogen-bond acceptors (Lipinski definition) is 3. The summed E-state index contributed by atoms with van der Waals surface area (Å²) in [5.41, 5.74) is 9.10. The van der Waals surface area contributed by atoms with E-state index in [-0.39, 0.29) is 5.54 Å². The average molecular weight is 246 g/mol. The number of aryl methyl sites for hydroxylation is 1. The van der Waals surface area contributed by atoms with E-state index in [2.05, 4.69) is 29.2 Å². The van der Waals surface area contributed by atoms with Crippen molar-refractivity contribution in [3.05, 3.63) is 35.4 Å². The number of rotatable bonds is 2. The van der Waals surface area contributed by atoms with Gasteiger partial charge < -0.3 is 10.5 Å². The highest BCUT2D eigenvalue weighted by atomic mass is 16.5. The van der Waals surface area contributed by atoms with E-state index in [4.69, 9.17) is 10.5 Å². The summed E-state index contributed by atoms with van der Waals surface area (Å²) in [5.74, 6) is 0. The van der Waals surface area contributed by atoms with Crippen LogP contribution in [0.2, 0.25) is 0 Å². The van der Waals surface area contributed by atoms with Gasteiger partial charge in [-0.25, -0.2) is 0 Å². The zero-order valence-corrected chi connectivity index (χ0v) is 10.9. The smallest absolute Gasteiger partial charge is 0.0663 e. The minimum atomic E-state index is 0.0808. The van der Waals surface area contributed by atoms with Crippen LogP contribution in [-0.4, -0.2) is 36.7 Å². The Labute approximate surface area is 109 Å². The number of hydrogen-bond donors (Lipinski definition) is 1. The molecule has 2 aliphatic heterocycles. The first-order valence-electron chi connectivity index (χ1n) is 6.94. The Hall–Kier alpha value is -0.900. The van der Waals surface area contributed by atoms with E-state index in [0.717, 1.165) is 32.7 Å². The monoisotopic (exact) mass is 246 g/mol. The lowest BCUT2D eigenvalue weighted by Crippen LogP contribution is -2.54. The summed E-state index contributed by atoms with van der Waals surface area (Å²) in [6.45, 7) is 4.52. The van der Waals surface area contributed by atoms with Crippen molar-refractivity contribution < 1.29 is 4.74 Å². The maximum Gasteiger partial charge on any atom is 0.0663 e. The van der Waals surface area contributed by atoms with Crippen LogP contribution in [0.1, 0.15) is 24.0 Å². The fourth-order valence-electron chi connectivity index (χ4n) is 3.24. The summed E-state index contributed by atoms with van der Waals surface area (Å²) in [4.78, 5) is 2.56. The zero-order valence-electron chi connectivity index (χ0n) is 10.9. The molecule has 2 N–H and O–H groups in total. The second-order valence-corrected chi connectivity index (χ2v) is 5.52. The molecule has 1 fully saturated rings. The van der Waals surface area contributed by atoms with Crippen molar-refractivity contribution in [1.29, 1.82) is 0 Å². The molecule has 2 aliphatic rings. The Kier molecular flexibility index (Phi) is 3.37. The van der Waals surface area contributed by atoms with Gasteiger partial charge in [0.25, 0.3) is 0 Å². The Morgan fingerprint density at radius 3 is 2.83 bits per heavy atom. The van der Waals surface area contributed by atoms with Gasteiger partial charge in [0, 0.05) is 19.7 Å². The number of ether oxygens (including phenoxy) is 1. The van der Waals surface area contributed by atoms with Gasteiger partial charge in [0.15, 0.2) is 0 Å². The van der Waals surface area contributed by atoms with E-state index in [1.165, 1.54) is 24.0 Å². The summed E-state index contributed by atoms with van der Waals surface area (Å²) in [6.07, 6.45) is 3.48. The van der Waals surface area contributed by atoms with Gasteiger partial charge in [-0.3, -0.25) is 4.90 Å². The third-order valence-corrected chi connectivity index (χ3v) is 4.49. The van der Waals surface area contributed by atoms with Crippen molar-refractivity contribution in [3.63, 3.8) is 0 Å². The molecular weight excluding hydrogens is 224 g/mol. The third-order valence-electron chi connectivity index (χ3n) is 4.49. The second kappa shape index (κ2) is 5.00. The van der Waals surface area contributed by atoms with Gasteiger partial charge in [0.05, 0.1) is 12.1 Å². The van der Waals surface area contributed by atoms with E-state index < -0.39 is 0 Å². The average Bonchev–Trinajstić information content (AvgIpc) is 2.79. The highest BCUT2D eigenvalue weighted by Crippen LogP contribution is 2.30. The minimum Gasteiger partial charge on any atom is -0.379 e. The van der Waals surface area contributed by atoms with Gasteiger partial charge in [0.2, 0.25) is 0 Å². The molecule has 3 heteroatoms. The van der Waals surface area contributed by atoms with E-state index in [1.54, 1.807) is 0 Å². The van der Waals surface area contributed by atoms with Crippen LogP contribution in [0.5, 0.6) is 0 Å². The quantitative estimate of drug-likeness (QED) is 0.860. The van der Waals surface area contributed by atoms with Crippen LogP contribution < -0.4 is 5.73 Å². The molecule has 1 atom stereocenters. The van der Waals surface area contributed by atoms with E-state index in [9.17, 15) is 0 Å². The Bertz CT molecular complexity index is 413. The van der Waals surface area contributed by atoms with Gasteiger partial charge in [-0.15, -0.1) is 0 Å². The lowest BCUT2D eigenvalue weighted by Gasteiger charge is -2.39. The lowest BCUT2D eigenvalue weighted by atomic mass is 9.95. The molecule has 3 rings (SSSR count). The molecule has 0 radical (unpaired) electrons. The van der Waals surface area contributed by atoms with Crippen LogP contribution >= 0.6 is 0 Å². The first kappa shape index (κ1) is 12.2. The fraction of sp³-hybridized carbons (Fsp3) is 0.600. The third kappa shape index (κ3) is 2.07. The Morgan fingerprint density at radius 1 is 1.28 bits per heavy atom. The fourth-order valence-corrected chi connectivity index (χ4v) is 3.24. The predicted molar refractivity (Wildman–Crippen MR) is 72.4 cm³/mol. The summed E-state index contributed by atoms with van der Waals surface area (Å²) in [5, 5.41) is 0. The molecule has 1 aromatic carbocycles. The van der Waals surface area contributed by atoms with Crippen LogP contribution in [0.4, 0.5) is 0 Å². The Balaban J connectivity index is 1.86. The van der Waals surface area contributed by atoms with E-state index in [0.29, 0.717) is 6.54 Å². The number of fused-ring (bicyclic) bond motifs is 1. The molecular formula is C15H22N2O. The standard InChI is InChI=1S/C15H22N2O/c16-11-15(7-9-18-12-15)17-8-3-6-13-4-1-2-5-14(13)10-17/h1-2,4-5H,3,6-12,16H2.